The smallest absolute Gasteiger partial charge is 0.228 e. The van der Waals surface area contributed by atoms with E-state index in [1.54, 1.807) is 26.0 Å². The minimum absolute atomic E-state index is 0.237. The SMILES string of the molecule is Cc1cc(OCF)cc(C)c1O. The molecule has 3 heteroatoms. The molecule has 0 aliphatic rings. The summed E-state index contributed by atoms with van der Waals surface area (Å²) in [5.74, 6) is 0.687. The predicted octanol–water partition coefficient (Wildman–Crippen LogP) is 2.31. The third-order valence-electron chi connectivity index (χ3n) is 1.69. The van der Waals surface area contributed by atoms with Gasteiger partial charge in [0, 0.05) is 0 Å². The van der Waals surface area contributed by atoms with Crippen LogP contribution >= 0.6 is 0 Å². The van der Waals surface area contributed by atoms with Gasteiger partial charge in [-0.2, -0.15) is 0 Å². The number of ether oxygens (including phenoxy) is 1. The molecule has 0 radical (unpaired) electrons. The van der Waals surface area contributed by atoms with Gasteiger partial charge in [-0.25, -0.2) is 4.39 Å². The molecular formula is C9H11FO2. The normalized spacial score (nSPS) is 9.92. The first-order valence-corrected chi connectivity index (χ1v) is 3.64. The fourth-order valence-electron chi connectivity index (χ4n) is 1.06. The maximum Gasteiger partial charge on any atom is 0.228 e. The van der Waals surface area contributed by atoms with Crippen molar-refractivity contribution in [2.45, 2.75) is 13.8 Å². The van der Waals surface area contributed by atoms with Crippen LogP contribution in [0.25, 0.3) is 0 Å². The van der Waals surface area contributed by atoms with Gasteiger partial charge in [0.15, 0.2) is 0 Å². The standard InChI is InChI=1S/C9H11FO2/c1-6-3-8(12-5-10)4-7(2)9(6)11/h3-4,11H,5H2,1-2H3. The van der Waals surface area contributed by atoms with Crippen molar-refractivity contribution < 1.29 is 14.2 Å². The van der Waals surface area contributed by atoms with Gasteiger partial charge in [0.2, 0.25) is 6.86 Å². The molecule has 1 aromatic carbocycles. The number of aromatic hydroxyl groups is 1. The van der Waals surface area contributed by atoms with Gasteiger partial charge in [0.1, 0.15) is 11.5 Å². The van der Waals surface area contributed by atoms with E-state index < -0.39 is 6.86 Å². The number of hydrogen-bond donors (Lipinski definition) is 1. The molecule has 0 amide bonds. The number of aryl methyl sites for hydroxylation is 2. The molecule has 0 aliphatic carbocycles. The zero-order valence-corrected chi connectivity index (χ0v) is 7.10. The van der Waals surface area contributed by atoms with Crippen LogP contribution in [0.15, 0.2) is 12.1 Å². The molecule has 0 heterocycles. The maximum atomic E-state index is 11.8. The minimum Gasteiger partial charge on any atom is -0.507 e. The molecule has 2 nitrogen and oxygen atoms in total. The molecule has 1 aromatic rings. The molecule has 0 fully saturated rings. The van der Waals surface area contributed by atoms with Crippen molar-refractivity contribution in [2.75, 3.05) is 6.86 Å². The zero-order chi connectivity index (χ0) is 9.14. The number of rotatable bonds is 2. The largest absolute Gasteiger partial charge is 0.507 e. The van der Waals surface area contributed by atoms with Crippen LogP contribution in [0.1, 0.15) is 11.1 Å². The highest BCUT2D eigenvalue weighted by molar-refractivity contribution is 5.44. The molecular weight excluding hydrogens is 159 g/mol. The average Bonchev–Trinajstić information content (AvgIpc) is 2.01. The summed E-state index contributed by atoms with van der Waals surface area (Å²) in [4.78, 5) is 0. The predicted molar refractivity (Wildman–Crippen MR) is 44.2 cm³/mol. The van der Waals surface area contributed by atoms with Gasteiger partial charge in [0.05, 0.1) is 0 Å². The third kappa shape index (κ3) is 1.67. The van der Waals surface area contributed by atoms with E-state index in [1.165, 1.54) is 0 Å². The Balaban J connectivity index is 3.04. The Morgan fingerprint density at radius 2 is 1.83 bits per heavy atom. The summed E-state index contributed by atoms with van der Waals surface area (Å²) < 4.78 is 16.4. The summed E-state index contributed by atoms with van der Waals surface area (Å²) in [5.41, 5.74) is 1.39. The second kappa shape index (κ2) is 3.43. The summed E-state index contributed by atoms with van der Waals surface area (Å²) in [7, 11) is 0. The van der Waals surface area contributed by atoms with E-state index in [2.05, 4.69) is 4.74 Å². The van der Waals surface area contributed by atoms with Gasteiger partial charge in [0.25, 0.3) is 0 Å². The molecule has 1 N–H and O–H groups in total. The average molecular weight is 170 g/mol. The quantitative estimate of drug-likeness (QED) is 0.738. The highest BCUT2D eigenvalue weighted by Crippen LogP contribution is 2.26. The Kier molecular flexibility index (Phi) is 2.53. The van der Waals surface area contributed by atoms with E-state index in [1.807, 2.05) is 0 Å². The Labute approximate surface area is 70.6 Å². The molecule has 1 rings (SSSR count). The van der Waals surface area contributed by atoms with E-state index in [0.717, 1.165) is 0 Å². The summed E-state index contributed by atoms with van der Waals surface area (Å²) in [6, 6.07) is 3.20. The van der Waals surface area contributed by atoms with Gasteiger partial charge in [-0.05, 0) is 37.1 Å². The molecule has 12 heavy (non-hydrogen) atoms. The lowest BCUT2D eigenvalue weighted by Crippen LogP contribution is -1.91. The van der Waals surface area contributed by atoms with Crippen molar-refractivity contribution in [2.24, 2.45) is 0 Å². The van der Waals surface area contributed by atoms with Crippen LogP contribution in [0.5, 0.6) is 11.5 Å². The van der Waals surface area contributed by atoms with Crippen LogP contribution in [-0.4, -0.2) is 12.0 Å². The topological polar surface area (TPSA) is 29.5 Å². The Morgan fingerprint density at radius 3 is 2.25 bits per heavy atom. The van der Waals surface area contributed by atoms with Gasteiger partial charge >= 0.3 is 0 Å². The van der Waals surface area contributed by atoms with Crippen molar-refractivity contribution in [3.05, 3.63) is 23.3 Å². The van der Waals surface area contributed by atoms with Gasteiger partial charge in [-0.1, -0.05) is 0 Å². The fourth-order valence-corrected chi connectivity index (χ4v) is 1.06. The van der Waals surface area contributed by atoms with Crippen LogP contribution in [0.4, 0.5) is 4.39 Å². The highest BCUT2D eigenvalue weighted by Gasteiger charge is 2.03. The molecule has 0 unspecified atom stereocenters. The Morgan fingerprint density at radius 1 is 1.33 bits per heavy atom. The van der Waals surface area contributed by atoms with Crippen LogP contribution < -0.4 is 4.74 Å². The molecule has 0 aromatic heterocycles. The van der Waals surface area contributed by atoms with Crippen LogP contribution in [0.3, 0.4) is 0 Å². The van der Waals surface area contributed by atoms with Crippen molar-refractivity contribution in [1.82, 2.24) is 0 Å². The molecule has 0 atom stereocenters. The second-order valence-corrected chi connectivity index (χ2v) is 2.66. The minimum atomic E-state index is -0.844. The molecule has 66 valence electrons. The maximum absolute atomic E-state index is 11.8. The molecule has 0 spiro atoms. The highest BCUT2D eigenvalue weighted by atomic mass is 19.1. The van der Waals surface area contributed by atoms with Crippen LogP contribution in [-0.2, 0) is 0 Å². The van der Waals surface area contributed by atoms with Crippen molar-refractivity contribution in [3.8, 4) is 11.5 Å². The number of hydrogen-bond acceptors (Lipinski definition) is 2. The third-order valence-corrected chi connectivity index (χ3v) is 1.69. The Hall–Kier alpha value is -1.25. The number of phenolic OH excluding ortho intramolecular Hbond substituents is 1. The summed E-state index contributed by atoms with van der Waals surface area (Å²) in [5, 5.41) is 9.35. The van der Waals surface area contributed by atoms with E-state index in [-0.39, 0.29) is 5.75 Å². The summed E-state index contributed by atoms with van der Waals surface area (Å²) in [6.07, 6.45) is 0. The Bertz CT molecular complexity index is 261. The van der Waals surface area contributed by atoms with Crippen molar-refractivity contribution in [3.63, 3.8) is 0 Å². The number of phenols is 1. The summed E-state index contributed by atoms with van der Waals surface area (Å²) >= 11 is 0. The lowest BCUT2D eigenvalue weighted by Gasteiger charge is -2.06. The zero-order valence-electron chi connectivity index (χ0n) is 7.10. The van der Waals surface area contributed by atoms with E-state index in [4.69, 9.17) is 0 Å². The second-order valence-electron chi connectivity index (χ2n) is 2.66. The van der Waals surface area contributed by atoms with Crippen molar-refractivity contribution in [1.29, 1.82) is 0 Å². The summed E-state index contributed by atoms with van der Waals surface area (Å²) in [6.45, 7) is 2.64. The lowest BCUT2D eigenvalue weighted by molar-refractivity contribution is 0.191. The number of halogens is 1. The van der Waals surface area contributed by atoms with E-state index in [0.29, 0.717) is 16.9 Å². The van der Waals surface area contributed by atoms with Gasteiger partial charge < -0.3 is 9.84 Å². The van der Waals surface area contributed by atoms with Gasteiger partial charge in [-0.3, -0.25) is 0 Å². The van der Waals surface area contributed by atoms with E-state index >= 15 is 0 Å². The molecule has 0 saturated heterocycles. The van der Waals surface area contributed by atoms with Crippen molar-refractivity contribution >= 4 is 0 Å². The van der Waals surface area contributed by atoms with Crippen LogP contribution in [0, 0.1) is 13.8 Å². The lowest BCUT2D eigenvalue weighted by atomic mass is 10.1. The van der Waals surface area contributed by atoms with Gasteiger partial charge in [-0.15, -0.1) is 0 Å². The molecule has 0 bridgehead atoms. The monoisotopic (exact) mass is 170 g/mol. The number of alkyl halides is 1. The van der Waals surface area contributed by atoms with Crippen LogP contribution in [0.2, 0.25) is 0 Å². The van der Waals surface area contributed by atoms with E-state index in [9.17, 15) is 9.50 Å². The first-order chi connectivity index (χ1) is 5.65. The molecule has 0 aliphatic heterocycles. The number of benzene rings is 1. The fraction of sp³-hybridized carbons (Fsp3) is 0.333. The first kappa shape index (κ1) is 8.84. The first-order valence-electron chi connectivity index (χ1n) is 3.64. The molecule has 0 saturated carbocycles.